The van der Waals surface area contributed by atoms with Crippen LogP contribution in [0.5, 0.6) is 0 Å². The van der Waals surface area contributed by atoms with Gasteiger partial charge in [0.2, 0.25) is 5.89 Å². The normalized spacial score (nSPS) is 25.4. The Bertz CT molecular complexity index is 353. The van der Waals surface area contributed by atoms with Gasteiger partial charge < -0.3 is 14.7 Å². The van der Waals surface area contributed by atoms with Gasteiger partial charge in [0.1, 0.15) is 0 Å². The predicted molar refractivity (Wildman–Crippen MR) is 65.0 cm³/mol. The smallest absolute Gasteiger partial charge is 0.266 e. The van der Waals surface area contributed by atoms with Crippen molar-refractivity contribution < 1.29 is 4.52 Å². The van der Waals surface area contributed by atoms with Crippen molar-refractivity contribution in [3.05, 3.63) is 5.89 Å². The molecule has 3 heterocycles. The van der Waals surface area contributed by atoms with E-state index in [0.29, 0.717) is 5.92 Å². The molecule has 2 aliphatic rings. The molecule has 0 amide bonds. The molecular formula is C12H20N4O. The van der Waals surface area contributed by atoms with Gasteiger partial charge in [-0.15, -0.1) is 0 Å². The number of hydrogen-bond acceptors (Lipinski definition) is 5. The fourth-order valence-corrected chi connectivity index (χ4v) is 2.72. The van der Waals surface area contributed by atoms with Crippen LogP contribution >= 0.6 is 0 Å². The third-order valence-electron chi connectivity index (χ3n) is 3.71. The van der Waals surface area contributed by atoms with Crippen LogP contribution in [0.3, 0.4) is 0 Å². The molecule has 1 N–H and O–H groups in total. The zero-order valence-corrected chi connectivity index (χ0v) is 10.2. The Morgan fingerprint density at radius 1 is 1.29 bits per heavy atom. The maximum absolute atomic E-state index is 5.35. The van der Waals surface area contributed by atoms with E-state index < -0.39 is 0 Å². The summed E-state index contributed by atoms with van der Waals surface area (Å²) in [5.74, 6) is 2.26. The van der Waals surface area contributed by atoms with Gasteiger partial charge in [0, 0.05) is 19.5 Å². The highest BCUT2D eigenvalue weighted by atomic mass is 16.5. The minimum atomic E-state index is 0.663. The summed E-state index contributed by atoms with van der Waals surface area (Å²) >= 11 is 0. The van der Waals surface area contributed by atoms with Crippen LogP contribution < -0.4 is 10.2 Å². The molecule has 94 valence electrons. The number of aromatic nitrogens is 2. The summed E-state index contributed by atoms with van der Waals surface area (Å²) in [6, 6.07) is 0. The maximum atomic E-state index is 5.35. The lowest BCUT2D eigenvalue weighted by molar-refractivity contribution is 0.315. The van der Waals surface area contributed by atoms with Gasteiger partial charge in [-0.1, -0.05) is 0 Å². The summed E-state index contributed by atoms with van der Waals surface area (Å²) in [6.45, 7) is 4.38. The summed E-state index contributed by atoms with van der Waals surface area (Å²) in [6.07, 6.45) is 5.95. The van der Waals surface area contributed by atoms with Crippen LogP contribution in [-0.2, 0) is 6.42 Å². The molecule has 5 nitrogen and oxygen atoms in total. The first-order valence-electron chi connectivity index (χ1n) is 6.70. The number of rotatable bonds is 3. The van der Waals surface area contributed by atoms with Gasteiger partial charge in [-0.2, -0.15) is 4.98 Å². The molecule has 0 radical (unpaired) electrons. The van der Waals surface area contributed by atoms with E-state index in [-0.39, 0.29) is 0 Å². The van der Waals surface area contributed by atoms with Crippen LogP contribution in [0.2, 0.25) is 0 Å². The molecule has 0 aromatic carbocycles. The van der Waals surface area contributed by atoms with E-state index in [0.717, 1.165) is 44.4 Å². The lowest BCUT2D eigenvalue weighted by atomic mass is 9.96. The largest absolute Gasteiger partial charge is 0.338 e. The van der Waals surface area contributed by atoms with Crippen molar-refractivity contribution in [2.24, 2.45) is 5.92 Å². The molecule has 3 rings (SSSR count). The van der Waals surface area contributed by atoms with Crippen molar-refractivity contribution in [1.82, 2.24) is 15.5 Å². The van der Waals surface area contributed by atoms with Crippen LogP contribution in [0.25, 0.3) is 0 Å². The minimum absolute atomic E-state index is 0.663. The number of anilines is 1. The van der Waals surface area contributed by atoms with Gasteiger partial charge in [-0.05, 0) is 49.8 Å². The monoisotopic (exact) mass is 236 g/mol. The second-order valence-corrected chi connectivity index (χ2v) is 5.10. The topological polar surface area (TPSA) is 54.2 Å². The van der Waals surface area contributed by atoms with Crippen LogP contribution in [0.1, 0.15) is 31.6 Å². The average Bonchev–Trinajstić information content (AvgIpc) is 3.00. The molecule has 1 aromatic heterocycles. The highest BCUT2D eigenvalue weighted by Gasteiger charge is 2.20. The second kappa shape index (κ2) is 5.04. The molecule has 1 unspecified atom stereocenters. The summed E-state index contributed by atoms with van der Waals surface area (Å²) in [5, 5.41) is 7.50. The van der Waals surface area contributed by atoms with Crippen LogP contribution in [-0.4, -0.2) is 36.3 Å². The number of piperidine rings is 1. The zero-order chi connectivity index (χ0) is 11.5. The summed E-state index contributed by atoms with van der Waals surface area (Å²) in [5.41, 5.74) is 0. The summed E-state index contributed by atoms with van der Waals surface area (Å²) in [7, 11) is 0. The molecule has 0 bridgehead atoms. The van der Waals surface area contributed by atoms with Crippen molar-refractivity contribution in [2.45, 2.75) is 32.1 Å². The van der Waals surface area contributed by atoms with Gasteiger partial charge in [0.15, 0.2) is 0 Å². The number of nitrogens with zero attached hydrogens (tertiary/aromatic N) is 3. The van der Waals surface area contributed by atoms with Crippen molar-refractivity contribution in [2.75, 3.05) is 31.1 Å². The first kappa shape index (κ1) is 11.0. The van der Waals surface area contributed by atoms with E-state index in [2.05, 4.69) is 20.4 Å². The Balaban J connectivity index is 1.59. The number of hydrogen-bond donors (Lipinski definition) is 1. The van der Waals surface area contributed by atoms with Gasteiger partial charge in [-0.3, -0.25) is 0 Å². The second-order valence-electron chi connectivity index (χ2n) is 5.10. The molecule has 2 saturated heterocycles. The first-order valence-corrected chi connectivity index (χ1v) is 6.70. The van der Waals surface area contributed by atoms with Crippen molar-refractivity contribution >= 4 is 5.95 Å². The van der Waals surface area contributed by atoms with E-state index in [1.807, 2.05) is 0 Å². The van der Waals surface area contributed by atoms with E-state index in [9.17, 15) is 0 Å². The molecule has 2 aliphatic heterocycles. The predicted octanol–water partition coefficient (Wildman–Crippen LogP) is 1.21. The lowest BCUT2D eigenvalue weighted by Crippen LogP contribution is -2.30. The Kier molecular flexibility index (Phi) is 3.27. The maximum Gasteiger partial charge on any atom is 0.266 e. The standard InChI is InChI=1S/C12H20N4O/c1-2-7-16(6-1)12-14-11(17-15-12)8-10-4-3-5-13-9-10/h10,13H,1-9H2. The van der Waals surface area contributed by atoms with Crippen LogP contribution in [0, 0.1) is 5.92 Å². The third-order valence-corrected chi connectivity index (χ3v) is 3.71. The molecule has 1 aromatic rings. The molecule has 5 heteroatoms. The zero-order valence-electron chi connectivity index (χ0n) is 10.2. The minimum Gasteiger partial charge on any atom is -0.338 e. The fourth-order valence-electron chi connectivity index (χ4n) is 2.72. The quantitative estimate of drug-likeness (QED) is 0.855. The Hall–Kier alpha value is -1.10. The molecule has 17 heavy (non-hydrogen) atoms. The summed E-state index contributed by atoms with van der Waals surface area (Å²) < 4.78 is 5.35. The Morgan fingerprint density at radius 2 is 2.18 bits per heavy atom. The molecule has 0 aliphatic carbocycles. The molecule has 2 fully saturated rings. The van der Waals surface area contributed by atoms with E-state index in [1.165, 1.54) is 25.7 Å². The number of nitrogens with one attached hydrogen (secondary N) is 1. The lowest BCUT2D eigenvalue weighted by Gasteiger charge is -2.20. The SMILES string of the molecule is C1CNCC(Cc2nc(N3CCCC3)no2)C1. The van der Waals surface area contributed by atoms with Gasteiger partial charge in [0.05, 0.1) is 0 Å². The van der Waals surface area contributed by atoms with Gasteiger partial charge >= 0.3 is 0 Å². The van der Waals surface area contributed by atoms with E-state index in [4.69, 9.17) is 4.52 Å². The molecular weight excluding hydrogens is 216 g/mol. The van der Waals surface area contributed by atoms with Crippen LogP contribution in [0.15, 0.2) is 4.52 Å². The Morgan fingerprint density at radius 3 is 2.94 bits per heavy atom. The third kappa shape index (κ3) is 2.60. The highest BCUT2D eigenvalue weighted by molar-refractivity contribution is 5.28. The van der Waals surface area contributed by atoms with Gasteiger partial charge in [-0.25, -0.2) is 0 Å². The van der Waals surface area contributed by atoms with Gasteiger partial charge in [0.25, 0.3) is 5.95 Å². The summed E-state index contributed by atoms with van der Waals surface area (Å²) in [4.78, 5) is 6.72. The Labute approximate surface area is 102 Å². The molecule has 0 saturated carbocycles. The molecule has 1 atom stereocenters. The van der Waals surface area contributed by atoms with Crippen molar-refractivity contribution in [3.63, 3.8) is 0 Å². The first-order chi connectivity index (χ1) is 8.42. The van der Waals surface area contributed by atoms with E-state index >= 15 is 0 Å². The van der Waals surface area contributed by atoms with E-state index in [1.54, 1.807) is 0 Å². The highest BCUT2D eigenvalue weighted by Crippen LogP contribution is 2.19. The van der Waals surface area contributed by atoms with Crippen LogP contribution in [0.4, 0.5) is 5.95 Å². The van der Waals surface area contributed by atoms with Crippen molar-refractivity contribution in [1.29, 1.82) is 0 Å². The fraction of sp³-hybridized carbons (Fsp3) is 0.833. The molecule has 0 spiro atoms. The van der Waals surface area contributed by atoms with Crippen molar-refractivity contribution in [3.8, 4) is 0 Å². The average molecular weight is 236 g/mol.